The highest BCUT2D eigenvalue weighted by molar-refractivity contribution is 7.12. The van der Waals surface area contributed by atoms with Gasteiger partial charge in [-0.15, -0.1) is 11.3 Å². The largest absolute Gasteiger partial charge is 0.300 e. The molecule has 2 aliphatic rings. The molecule has 92 valence electrons. The first-order chi connectivity index (χ1) is 8.15. The SMILES string of the molecule is Cc1ccc(C(C)N2C3CCC2CC(=O)C3)s1. The summed E-state index contributed by atoms with van der Waals surface area (Å²) in [5.41, 5.74) is 0. The van der Waals surface area contributed by atoms with Crippen LogP contribution in [0.15, 0.2) is 12.1 Å². The molecule has 0 N–H and O–H groups in total. The van der Waals surface area contributed by atoms with Crippen LogP contribution in [0.1, 0.15) is 48.4 Å². The van der Waals surface area contributed by atoms with Gasteiger partial charge < -0.3 is 0 Å². The van der Waals surface area contributed by atoms with Crippen LogP contribution in [-0.4, -0.2) is 22.8 Å². The van der Waals surface area contributed by atoms with E-state index in [4.69, 9.17) is 0 Å². The number of aryl methyl sites for hydroxylation is 1. The first kappa shape index (κ1) is 11.4. The monoisotopic (exact) mass is 249 g/mol. The standard InChI is InChI=1S/C14H19NOS/c1-9-3-6-14(17-9)10(2)15-11-4-5-12(15)8-13(16)7-11/h3,6,10-12H,4-5,7-8H2,1-2H3. The average molecular weight is 249 g/mol. The Bertz CT molecular complexity index is 423. The van der Waals surface area contributed by atoms with Gasteiger partial charge in [-0.05, 0) is 38.8 Å². The zero-order valence-corrected chi connectivity index (χ0v) is 11.3. The lowest BCUT2D eigenvalue weighted by atomic mass is 9.99. The van der Waals surface area contributed by atoms with E-state index < -0.39 is 0 Å². The van der Waals surface area contributed by atoms with Crippen LogP contribution in [0, 0.1) is 6.92 Å². The smallest absolute Gasteiger partial charge is 0.136 e. The van der Waals surface area contributed by atoms with Gasteiger partial charge in [0.05, 0.1) is 0 Å². The lowest BCUT2D eigenvalue weighted by Crippen LogP contribution is -2.44. The van der Waals surface area contributed by atoms with Gasteiger partial charge in [0.1, 0.15) is 5.78 Å². The normalized spacial score (nSPS) is 30.8. The molecule has 3 rings (SSSR count). The maximum atomic E-state index is 11.6. The number of Topliss-reactive ketones (excluding diaryl/α,β-unsaturated/α-hetero) is 1. The number of carbonyl (C=O) groups excluding carboxylic acids is 1. The van der Waals surface area contributed by atoms with Crippen LogP contribution >= 0.6 is 11.3 Å². The Morgan fingerprint density at radius 1 is 1.29 bits per heavy atom. The first-order valence-electron chi connectivity index (χ1n) is 6.50. The third kappa shape index (κ3) is 1.95. The predicted octanol–water partition coefficient (Wildman–Crippen LogP) is 3.31. The highest BCUT2D eigenvalue weighted by Crippen LogP contribution is 2.41. The summed E-state index contributed by atoms with van der Waals surface area (Å²) < 4.78 is 0. The summed E-state index contributed by atoms with van der Waals surface area (Å²) in [5.74, 6) is 0.475. The average Bonchev–Trinajstić information content (AvgIpc) is 2.81. The van der Waals surface area contributed by atoms with Crippen molar-refractivity contribution >= 4 is 17.1 Å². The van der Waals surface area contributed by atoms with E-state index in [-0.39, 0.29) is 0 Å². The summed E-state index contributed by atoms with van der Waals surface area (Å²) in [6, 6.07) is 5.96. The van der Waals surface area contributed by atoms with E-state index in [1.54, 1.807) is 0 Å². The van der Waals surface area contributed by atoms with Crippen molar-refractivity contribution in [3.63, 3.8) is 0 Å². The molecule has 0 aliphatic carbocycles. The molecule has 3 heteroatoms. The van der Waals surface area contributed by atoms with Crippen LogP contribution in [0.4, 0.5) is 0 Å². The molecular weight excluding hydrogens is 230 g/mol. The number of rotatable bonds is 2. The van der Waals surface area contributed by atoms with Gasteiger partial charge in [-0.2, -0.15) is 0 Å². The van der Waals surface area contributed by atoms with E-state index in [1.165, 1.54) is 22.6 Å². The molecule has 17 heavy (non-hydrogen) atoms. The fourth-order valence-corrected chi connectivity index (χ4v) is 4.40. The van der Waals surface area contributed by atoms with Gasteiger partial charge in [-0.25, -0.2) is 0 Å². The second-order valence-corrected chi connectivity index (χ2v) is 6.72. The minimum absolute atomic E-state index is 0.475. The second-order valence-electron chi connectivity index (χ2n) is 5.40. The Morgan fingerprint density at radius 2 is 1.94 bits per heavy atom. The van der Waals surface area contributed by atoms with Gasteiger partial charge in [0.25, 0.3) is 0 Å². The number of piperidine rings is 1. The fourth-order valence-electron chi connectivity index (χ4n) is 3.46. The van der Waals surface area contributed by atoms with E-state index in [9.17, 15) is 4.79 Å². The second kappa shape index (κ2) is 4.21. The van der Waals surface area contributed by atoms with E-state index in [2.05, 4.69) is 30.9 Å². The minimum Gasteiger partial charge on any atom is -0.300 e. The molecule has 2 saturated heterocycles. The molecule has 2 fully saturated rings. The first-order valence-corrected chi connectivity index (χ1v) is 7.32. The number of nitrogens with zero attached hydrogens (tertiary/aromatic N) is 1. The van der Waals surface area contributed by atoms with Crippen molar-refractivity contribution in [2.45, 2.75) is 57.7 Å². The summed E-state index contributed by atoms with van der Waals surface area (Å²) in [6.45, 7) is 4.46. The quantitative estimate of drug-likeness (QED) is 0.801. The van der Waals surface area contributed by atoms with Crippen molar-refractivity contribution < 1.29 is 4.79 Å². The van der Waals surface area contributed by atoms with Crippen molar-refractivity contribution in [2.75, 3.05) is 0 Å². The highest BCUT2D eigenvalue weighted by Gasteiger charge is 2.42. The molecule has 2 nitrogen and oxygen atoms in total. The third-order valence-electron chi connectivity index (χ3n) is 4.22. The molecule has 3 heterocycles. The molecule has 0 amide bonds. The fraction of sp³-hybridized carbons (Fsp3) is 0.643. The molecule has 2 aliphatic heterocycles. The zero-order valence-electron chi connectivity index (χ0n) is 10.5. The van der Waals surface area contributed by atoms with E-state index >= 15 is 0 Å². The van der Waals surface area contributed by atoms with Gasteiger partial charge >= 0.3 is 0 Å². The van der Waals surface area contributed by atoms with Gasteiger partial charge in [-0.3, -0.25) is 9.69 Å². The van der Waals surface area contributed by atoms with E-state index in [1.807, 2.05) is 11.3 Å². The van der Waals surface area contributed by atoms with E-state index in [0.717, 1.165) is 12.8 Å². The molecule has 2 bridgehead atoms. The summed E-state index contributed by atoms with van der Waals surface area (Å²) in [7, 11) is 0. The number of hydrogen-bond acceptors (Lipinski definition) is 3. The molecule has 0 aromatic carbocycles. The van der Waals surface area contributed by atoms with Crippen LogP contribution in [0.25, 0.3) is 0 Å². The summed E-state index contributed by atoms with van der Waals surface area (Å²) in [6.07, 6.45) is 3.99. The lowest BCUT2D eigenvalue weighted by molar-refractivity contribution is -0.124. The molecule has 1 aromatic rings. The van der Waals surface area contributed by atoms with Crippen molar-refractivity contribution in [3.05, 3.63) is 21.9 Å². The maximum Gasteiger partial charge on any atom is 0.136 e. The Balaban J connectivity index is 1.83. The van der Waals surface area contributed by atoms with Gasteiger partial charge in [0.15, 0.2) is 0 Å². The molecular formula is C14H19NOS. The van der Waals surface area contributed by atoms with Crippen molar-refractivity contribution in [1.29, 1.82) is 0 Å². The molecule has 1 aromatic heterocycles. The Labute approximate surface area is 107 Å². The van der Waals surface area contributed by atoms with Crippen LogP contribution in [0.5, 0.6) is 0 Å². The van der Waals surface area contributed by atoms with Crippen LogP contribution in [0.3, 0.4) is 0 Å². The lowest BCUT2D eigenvalue weighted by Gasteiger charge is -2.38. The molecule has 0 radical (unpaired) electrons. The summed E-state index contributed by atoms with van der Waals surface area (Å²) in [4.78, 5) is 17.0. The third-order valence-corrected chi connectivity index (χ3v) is 5.39. The Kier molecular flexibility index (Phi) is 2.83. The van der Waals surface area contributed by atoms with Gasteiger partial charge in [0, 0.05) is 40.7 Å². The number of ketones is 1. The summed E-state index contributed by atoms with van der Waals surface area (Å²) >= 11 is 1.90. The van der Waals surface area contributed by atoms with Crippen molar-refractivity contribution in [3.8, 4) is 0 Å². The Hall–Kier alpha value is -0.670. The van der Waals surface area contributed by atoms with Gasteiger partial charge in [0.2, 0.25) is 0 Å². The van der Waals surface area contributed by atoms with Gasteiger partial charge in [-0.1, -0.05) is 0 Å². The number of hydrogen-bond donors (Lipinski definition) is 0. The molecule has 0 spiro atoms. The number of carbonyl (C=O) groups is 1. The number of fused-ring (bicyclic) bond motifs is 2. The van der Waals surface area contributed by atoms with Crippen LogP contribution in [-0.2, 0) is 4.79 Å². The molecule has 3 atom stereocenters. The number of thiophene rings is 1. The van der Waals surface area contributed by atoms with Crippen molar-refractivity contribution in [1.82, 2.24) is 4.90 Å². The highest BCUT2D eigenvalue weighted by atomic mass is 32.1. The minimum atomic E-state index is 0.475. The van der Waals surface area contributed by atoms with Crippen LogP contribution in [0.2, 0.25) is 0 Å². The molecule has 3 unspecified atom stereocenters. The zero-order chi connectivity index (χ0) is 12.0. The van der Waals surface area contributed by atoms with Crippen LogP contribution < -0.4 is 0 Å². The summed E-state index contributed by atoms with van der Waals surface area (Å²) in [5, 5.41) is 0. The maximum absolute atomic E-state index is 11.6. The predicted molar refractivity (Wildman–Crippen MR) is 70.4 cm³/mol. The van der Waals surface area contributed by atoms with E-state index in [0.29, 0.717) is 23.9 Å². The topological polar surface area (TPSA) is 20.3 Å². The molecule has 0 saturated carbocycles. The van der Waals surface area contributed by atoms with Crippen molar-refractivity contribution in [2.24, 2.45) is 0 Å². The Morgan fingerprint density at radius 3 is 2.47 bits per heavy atom.